The van der Waals surface area contributed by atoms with Gasteiger partial charge in [0.2, 0.25) is 0 Å². The van der Waals surface area contributed by atoms with Crippen LogP contribution in [0, 0.1) is 11.3 Å². The number of hydrogen-bond donors (Lipinski definition) is 0. The molecule has 0 aromatic rings. The fraction of sp³-hybridized carbons (Fsp3) is 0.600. The number of hydrogen-bond acceptors (Lipinski definition) is 3. The first-order valence-corrected chi connectivity index (χ1v) is 2.25. The Labute approximate surface area is 47.9 Å². The van der Waals surface area contributed by atoms with Crippen molar-refractivity contribution in [2.45, 2.75) is 13.0 Å². The predicted octanol–water partition coefficient (Wildman–Crippen LogP) is 0.114. The first-order chi connectivity index (χ1) is 3.81. The zero-order valence-electron chi connectivity index (χ0n) is 4.63. The Kier molecular flexibility index (Phi) is 3.81. The molecular formula is C5H7NO2. The molecule has 0 aliphatic heterocycles. The van der Waals surface area contributed by atoms with Crippen molar-refractivity contribution in [2.24, 2.45) is 0 Å². The van der Waals surface area contributed by atoms with Crippen molar-refractivity contribution >= 4 is 6.29 Å². The van der Waals surface area contributed by atoms with Crippen LogP contribution in [0.3, 0.4) is 0 Å². The standard InChI is InChI=1S/C5H7NO2/c1-5(4-7)8-3-2-6/h4-5H,3H2,1H3. The van der Waals surface area contributed by atoms with Crippen LogP contribution >= 0.6 is 0 Å². The molecule has 0 aliphatic carbocycles. The van der Waals surface area contributed by atoms with Crippen LogP contribution < -0.4 is 0 Å². The van der Waals surface area contributed by atoms with Gasteiger partial charge in [-0.1, -0.05) is 0 Å². The Morgan fingerprint density at radius 1 is 2.00 bits per heavy atom. The molecule has 3 nitrogen and oxygen atoms in total. The third kappa shape index (κ3) is 3.32. The molecule has 3 heteroatoms. The number of aldehydes is 1. The minimum Gasteiger partial charge on any atom is -0.356 e. The molecule has 0 aromatic carbocycles. The highest BCUT2D eigenvalue weighted by molar-refractivity contribution is 5.55. The second-order valence-electron chi connectivity index (χ2n) is 1.31. The molecule has 0 N–H and O–H groups in total. The second-order valence-corrected chi connectivity index (χ2v) is 1.31. The average Bonchev–Trinajstić information content (AvgIpc) is 1.83. The molecule has 0 spiro atoms. The van der Waals surface area contributed by atoms with E-state index in [4.69, 9.17) is 5.26 Å². The second kappa shape index (κ2) is 4.28. The molecule has 0 saturated heterocycles. The summed E-state index contributed by atoms with van der Waals surface area (Å²) in [5, 5.41) is 7.92. The van der Waals surface area contributed by atoms with Gasteiger partial charge in [-0.2, -0.15) is 5.26 Å². The van der Waals surface area contributed by atoms with E-state index < -0.39 is 6.10 Å². The van der Waals surface area contributed by atoms with Crippen molar-refractivity contribution in [3.05, 3.63) is 0 Å². The van der Waals surface area contributed by atoms with E-state index in [1.165, 1.54) is 0 Å². The fourth-order valence-corrected chi connectivity index (χ4v) is 0.208. The maximum absolute atomic E-state index is 9.78. The SMILES string of the molecule is CC(C=O)OCC#N. The predicted molar refractivity (Wildman–Crippen MR) is 27.1 cm³/mol. The number of nitrogens with zero attached hydrogens (tertiary/aromatic N) is 1. The fourth-order valence-electron chi connectivity index (χ4n) is 0.208. The molecule has 44 valence electrons. The Balaban J connectivity index is 3.13. The zero-order valence-corrected chi connectivity index (χ0v) is 4.63. The first-order valence-electron chi connectivity index (χ1n) is 2.25. The van der Waals surface area contributed by atoms with Crippen molar-refractivity contribution in [1.29, 1.82) is 5.26 Å². The third-order valence-corrected chi connectivity index (χ3v) is 0.602. The highest BCUT2D eigenvalue weighted by Gasteiger charge is 1.94. The van der Waals surface area contributed by atoms with E-state index >= 15 is 0 Å². The van der Waals surface area contributed by atoms with Gasteiger partial charge in [0.05, 0.1) is 6.07 Å². The van der Waals surface area contributed by atoms with Gasteiger partial charge in [-0.05, 0) is 6.92 Å². The lowest BCUT2D eigenvalue weighted by Crippen LogP contribution is -2.08. The van der Waals surface area contributed by atoms with Gasteiger partial charge in [0, 0.05) is 0 Å². The summed E-state index contributed by atoms with van der Waals surface area (Å²) in [6, 6.07) is 1.75. The van der Waals surface area contributed by atoms with Gasteiger partial charge in [0.25, 0.3) is 0 Å². The summed E-state index contributed by atoms with van der Waals surface area (Å²) in [7, 11) is 0. The number of nitriles is 1. The van der Waals surface area contributed by atoms with Crippen LogP contribution in [0.15, 0.2) is 0 Å². The summed E-state index contributed by atoms with van der Waals surface area (Å²) in [6.07, 6.45) is 0.201. The summed E-state index contributed by atoms with van der Waals surface area (Å²) in [6.45, 7) is 1.57. The van der Waals surface area contributed by atoms with E-state index in [1.807, 2.05) is 0 Å². The van der Waals surface area contributed by atoms with Gasteiger partial charge < -0.3 is 9.53 Å². The summed E-state index contributed by atoms with van der Waals surface area (Å²) in [5.41, 5.74) is 0. The van der Waals surface area contributed by atoms with Crippen LogP contribution in [0.1, 0.15) is 6.92 Å². The lowest BCUT2D eigenvalue weighted by atomic mass is 10.5. The van der Waals surface area contributed by atoms with Crippen molar-refractivity contribution in [3.8, 4) is 6.07 Å². The molecule has 0 bridgehead atoms. The summed E-state index contributed by atoms with van der Waals surface area (Å²) in [4.78, 5) is 9.78. The number of carbonyl (C=O) groups is 1. The summed E-state index contributed by atoms with van der Waals surface area (Å²) in [5.74, 6) is 0. The Morgan fingerprint density at radius 2 is 2.62 bits per heavy atom. The number of carbonyl (C=O) groups excluding carboxylic acids is 1. The molecule has 8 heavy (non-hydrogen) atoms. The summed E-state index contributed by atoms with van der Waals surface area (Å²) >= 11 is 0. The Morgan fingerprint density at radius 3 is 3.00 bits per heavy atom. The van der Waals surface area contributed by atoms with Crippen molar-refractivity contribution in [2.75, 3.05) is 6.61 Å². The topological polar surface area (TPSA) is 50.1 Å². The lowest BCUT2D eigenvalue weighted by Gasteiger charge is -1.97. The average molecular weight is 113 g/mol. The molecule has 1 atom stereocenters. The summed E-state index contributed by atoms with van der Waals surface area (Å²) < 4.78 is 4.61. The number of rotatable bonds is 3. The van der Waals surface area contributed by atoms with Crippen LogP contribution in [-0.4, -0.2) is 19.0 Å². The van der Waals surface area contributed by atoms with Gasteiger partial charge in [-0.15, -0.1) is 0 Å². The molecule has 0 rings (SSSR count). The third-order valence-electron chi connectivity index (χ3n) is 0.602. The van der Waals surface area contributed by atoms with Crippen LogP contribution in [0.5, 0.6) is 0 Å². The van der Waals surface area contributed by atoms with Crippen LogP contribution in [-0.2, 0) is 9.53 Å². The maximum atomic E-state index is 9.78. The van der Waals surface area contributed by atoms with Crippen LogP contribution in [0.2, 0.25) is 0 Å². The smallest absolute Gasteiger partial charge is 0.148 e. The lowest BCUT2D eigenvalue weighted by molar-refractivity contribution is -0.116. The van der Waals surface area contributed by atoms with E-state index in [-0.39, 0.29) is 6.61 Å². The van der Waals surface area contributed by atoms with Gasteiger partial charge >= 0.3 is 0 Å². The van der Waals surface area contributed by atoms with Gasteiger partial charge in [0.15, 0.2) is 0 Å². The monoisotopic (exact) mass is 113 g/mol. The molecule has 1 unspecified atom stereocenters. The zero-order chi connectivity index (χ0) is 6.41. The normalized spacial score (nSPS) is 12.0. The molecule has 0 saturated carbocycles. The van der Waals surface area contributed by atoms with E-state index in [0.717, 1.165) is 0 Å². The molecule has 0 amide bonds. The molecule has 0 fully saturated rings. The van der Waals surface area contributed by atoms with Gasteiger partial charge in [-0.3, -0.25) is 0 Å². The van der Waals surface area contributed by atoms with E-state index in [2.05, 4.69) is 4.74 Å². The van der Waals surface area contributed by atoms with Crippen molar-refractivity contribution < 1.29 is 9.53 Å². The first kappa shape index (κ1) is 7.12. The quantitative estimate of drug-likeness (QED) is 0.488. The van der Waals surface area contributed by atoms with Gasteiger partial charge in [-0.25, -0.2) is 0 Å². The van der Waals surface area contributed by atoms with Gasteiger partial charge in [0.1, 0.15) is 19.0 Å². The van der Waals surface area contributed by atoms with E-state index in [9.17, 15) is 4.79 Å². The maximum Gasteiger partial charge on any atom is 0.148 e. The Bertz CT molecular complexity index is 105. The number of ether oxygens (including phenoxy) is 1. The minimum absolute atomic E-state index is 0.0140. The highest BCUT2D eigenvalue weighted by Crippen LogP contribution is 1.81. The van der Waals surface area contributed by atoms with Crippen LogP contribution in [0.4, 0.5) is 0 Å². The molecule has 0 aliphatic rings. The Hall–Kier alpha value is -0.880. The molecule has 0 heterocycles. The van der Waals surface area contributed by atoms with E-state index in [0.29, 0.717) is 6.29 Å². The largest absolute Gasteiger partial charge is 0.356 e. The van der Waals surface area contributed by atoms with E-state index in [1.54, 1.807) is 13.0 Å². The highest BCUT2D eigenvalue weighted by atomic mass is 16.5. The molecular weight excluding hydrogens is 106 g/mol. The van der Waals surface area contributed by atoms with Crippen molar-refractivity contribution in [3.63, 3.8) is 0 Å². The molecule has 0 radical (unpaired) electrons. The minimum atomic E-state index is -0.449. The van der Waals surface area contributed by atoms with Crippen LogP contribution in [0.25, 0.3) is 0 Å². The molecule has 0 aromatic heterocycles. The van der Waals surface area contributed by atoms with Crippen molar-refractivity contribution in [1.82, 2.24) is 0 Å².